The second kappa shape index (κ2) is 4.68. The fourth-order valence-electron chi connectivity index (χ4n) is 3.07. The average molecular weight is 291 g/mol. The SMILES string of the molecule is Fc1cc(C2CC2)c2nc3c(cc2c1Cl)CCNCC3. The fourth-order valence-corrected chi connectivity index (χ4v) is 3.27. The van der Waals surface area contributed by atoms with Crippen LogP contribution in [0.1, 0.15) is 35.6 Å². The lowest BCUT2D eigenvalue weighted by Crippen LogP contribution is -2.16. The Morgan fingerprint density at radius 2 is 2.00 bits per heavy atom. The molecule has 0 saturated heterocycles. The summed E-state index contributed by atoms with van der Waals surface area (Å²) in [5, 5.41) is 4.38. The Morgan fingerprint density at radius 1 is 1.20 bits per heavy atom. The van der Waals surface area contributed by atoms with E-state index in [1.165, 1.54) is 5.56 Å². The Labute approximate surface area is 122 Å². The maximum absolute atomic E-state index is 14.0. The molecular weight excluding hydrogens is 275 g/mol. The first-order valence-electron chi connectivity index (χ1n) is 7.25. The standard InChI is InChI=1S/C16H16ClFN2/c17-15-12-7-10-3-5-19-6-4-14(10)20-16(12)11(8-13(15)18)9-1-2-9/h7-9,19H,1-6H2. The van der Waals surface area contributed by atoms with Crippen molar-refractivity contribution in [3.63, 3.8) is 0 Å². The molecule has 0 radical (unpaired) electrons. The van der Waals surface area contributed by atoms with Crippen molar-refractivity contribution < 1.29 is 4.39 Å². The van der Waals surface area contributed by atoms with Crippen molar-refractivity contribution in [1.82, 2.24) is 10.3 Å². The van der Waals surface area contributed by atoms with Gasteiger partial charge in [0.15, 0.2) is 0 Å². The van der Waals surface area contributed by atoms with Crippen molar-refractivity contribution in [1.29, 1.82) is 0 Å². The van der Waals surface area contributed by atoms with Gasteiger partial charge >= 0.3 is 0 Å². The van der Waals surface area contributed by atoms with E-state index in [0.29, 0.717) is 5.92 Å². The van der Waals surface area contributed by atoms with E-state index in [9.17, 15) is 4.39 Å². The van der Waals surface area contributed by atoms with Gasteiger partial charge in [-0.1, -0.05) is 11.6 Å². The quantitative estimate of drug-likeness (QED) is 0.868. The van der Waals surface area contributed by atoms with E-state index < -0.39 is 0 Å². The first kappa shape index (κ1) is 12.5. The number of hydrogen-bond donors (Lipinski definition) is 1. The minimum Gasteiger partial charge on any atom is -0.316 e. The summed E-state index contributed by atoms with van der Waals surface area (Å²) >= 11 is 6.18. The van der Waals surface area contributed by atoms with Crippen LogP contribution in [0.4, 0.5) is 4.39 Å². The van der Waals surface area contributed by atoms with E-state index in [-0.39, 0.29) is 10.8 Å². The molecule has 104 valence electrons. The van der Waals surface area contributed by atoms with Gasteiger partial charge in [0.25, 0.3) is 0 Å². The van der Waals surface area contributed by atoms with E-state index in [1.54, 1.807) is 6.07 Å². The summed E-state index contributed by atoms with van der Waals surface area (Å²) in [6, 6.07) is 3.65. The molecule has 0 bridgehead atoms. The summed E-state index contributed by atoms with van der Waals surface area (Å²) in [5.74, 6) is 0.160. The first-order chi connectivity index (χ1) is 9.74. The molecule has 1 fully saturated rings. The van der Waals surface area contributed by atoms with Crippen LogP contribution in [0, 0.1) is 5.82 Å². The number of aromatic nitrogens is 1. The molecule has 2 aliphatic rings. The molecule has 1 aromatic heterocycles. The number of pyridine rings is 1. The van der Waals surface area contributed by atoms with Gasteiger partial charge in [-0.15, -0.1) is 0 Å². The molecule has 0 unspecified atom stereocenters. The molecule has 0 amide bonds. The maximum atomic E-state index is 14.0. The molecule has 0 spiro atoms. The molecule has 1 aliphatic carbocycles. The van der Waals surface area contributed by atoms with Gasteiger partial charge in [0.2, 0.25) is 0 Å². The zero-order valence-corrected chi connectivity index (χ0v) is 11.9. The molecule has 1 N–H and O–H groups in total. The van der Waals surface area contributed by atoms with Gasteiger partial charge in [0.05, 0.1) is 10.5 Å². The predicted octanol–water partition coefficient (Wildman–Crippen LogP) is 3.59. The fraction of sp³-hybridized carbons (Fsp3) is 0.438. The minimum absolute atomic E-state index is 0.219. The molecule has 1 aliphatic heterocycles. The summed E-state index contributed by atoms with van der Waals surface area (Å²) < 4.78 is 14.0. The third-order valence-corrected chi connectivity index (χ3v) is 4.70. The van der Waals surface area contributed by atoms with E-state index in [4.69, 9.17) is 16.6 Å². The second-order valence-electron chi connectivity index (χ2n) is 5.78. The van der Waals surface area contributed by atoms with Gasteiger partial charge in [-0.25, -0.2) is 4.39 Å². The zero-order chi connectivity index (χ0) is 13.7. The summed E-state index contributed by atoms with van der Waals surface area (Å²) in [7, 11) is 0. The Kier molecular flexibility index (Phi) is 2.93. The number of halogens is 2. The molecule has 2 nitrogen and oxygen atoms in total. The number of hydrogen-bond acceptors (Lipinski definition) is 2. The summed E-state index contributed by atoms with van der Waals surface area (Å²) in [6.45, 7) is 1.90. The van der Waals surface area contributed by atoms with Gasteiger partial charge in [0, 0.05) is 24.0 Å². The highest BCUT2D eigenvalue weighted by molar-refractivity contribution is 6.35. The van der Waals surface area contributed by atoms with Gasteiger partial charge in [-0.05, 0) is 55.0 Å². The highest BCUT2D eigenvalue weighted by atomic mass is 35.5. The third-order valence-electron chi connectivity index (χ3n) is 4.32. The molecule has 4 heteroatoms. The number of benzene rings is 1. The summed E-state index contributed by atoms with van der Waals surface area (Å²) in [6.07, 6.45) is 4.14. The van der Waals surface area contributed by atoms with Gasteiger partial charge in [0.1, 0.15) is 5.82 Å². The molecule has 2 aromatic rings. The normalized spacial score (nSPS) is 18.9. The first-order valence-corrected chi connectivity index (χ1v) is 7.63. The monoisotopic (exact) mass is 290 g/mol. The second-order valence-corrected chi connectivity index (χ2v) is 6.15. The van der Waals surface area contributed by atoms with Gasteiger partial charge in [-0.2, -0.15) is 0 Å². The van der Waals surface area contributed by atoms with Crippen LogP contribution in [-0.4, -0.2) is 18.1 Å². The van der Waals surface area contributed by atoms with Crippen LogP contribution >= 0.6 is 11.6 Å². The lowest BCUT2D eigenvalue weighted by Gasteiger charge is -2.12. The smallest absolute Gasteiger partial charge is 0.142 e. The van der Waals surface area contributed by atoms with Crippen LogP contribution in [0.2, 0.25) is 5.02 Å². The van der Waals surface area contributed by atoms with Crippen molar-refractivity contribution in [3.8, 4) is 0 Å². The van der Waals surface area contributed by atoms with Gasteiger partial charge < -0.3 is 5.32 Å². The van der Waals surface area contributed by atoms with Crippen LogP contribution in [0.25, 0.3) is 10.9 Å². The Hall–Kier alpha value is -1.19. The van der Waals surface area contributed by atoms with E-state index in [2.05, 4.69) is 11.4 Å². The van der Waals surface area contributed by atoms with Crippen LogP contribution < -0.4 is 5.32 Å². The number of nitrogens with one attached hydrogen (secondary N) is 1. The van der Waals surface area contributed by atoms with Crippen LogP contribution in [-0.2, 0) is 12.8 Å². The predicted molar refractivity (Wildman–Crippen MR) is 79.0 cm³/mol. The largest absolute Gasteiger partial charge is 0.316 e. The Morgan fingerprint density at radius 3 is 2.80 bits per heavy atom. The number of nitrogens with zero attached hydrogens (tertiary/aromatic N) is 1. The topological polar surface area (TPSA) is 24.9 Å². The molecule has 20 heavy (non-hydrogen) atoms. The highest BCUT2D eigenvalue weighted by Crippen LogP contribution is 2.44. The van der Waals surface area contributed by atoms with Gasteiger partial charge in [-0.3, -0.25) is 4.98 Å². The van der Waals surface area contributed by atoms with E-state index >= 15 is 0 Å². The Bertz CT molecular complexity index is 695. The molecule has 1 saturated carbocycles. The Balaban J connectivity index is 2.00. The summed E-state index contributed by atoms with van der Waals surface area (Å²) in [4.78, 5) is 4.85. The third kappa shape index (κ3) is 2.00. The molecule has 0 atom stereocenters. The summed E-state index contributed by atoms with van der Waals surface area (Å²) in [5.41, 5.74) is 4.31. The molecule has 4 rings (SSSR count). The zero-order valence-electron chi connectivity index (χ0n) is 11.2. The number of rotatable bonds is 1. The van der Waals surface area contributed by atoms with Crippen LogP contribution in [0.15, 0.2) is 12.1 Å². The van der Waals surface area contributed by atoms with E-state index in [0.717, 1.165) is 60.9 Å². The van der Waals surface area contributed by atoms with Crippen molar-refractivity contribution in [2.24, 2.45) is 0 Å². The van der Waals surface area contributed by atoms with Crippen molar-refractivity contribution in [2.75, 3.05) is 13.1 Å². The molecule has 1 aromatic carbocycles. The number of fused-ring (bicyclic) bond motifs is 2. The highest BCUT2D eigenvalue weighted by Gasteiger charge is 2.28. The van der Waals surface area contributed by atoms with Crippen LogP contribution in [0.3, 0.4) is 0 Å². The van der Waals surface area contributed by atoms with E-state index in [1.807, 2.05) is 0 Å². The lowest BCUT2D eigenvalue weighted by atomic mass is 10.0. The molecular formula is C16H16ClFN2. The lowest BCUT2D eigenvalue weighted by molar-refractivity contribution is 0.628. The minimum atomic E-state index is -0.311. The molecule has 2 heterocycles. The average Bonchev–Trinajstić information content (AvgIpc) is 3.27. The van der Waals surface area contributed by atoms with Crippen molar-refractivity contribution in [3.05, 3.63) is 39.8 Å². The van der Waals surface area contributed by atoms with Crippen LogP contribution in [0.5, 0.6) is 0 Å². The maximum Gasteiger partial charge on any atom is 0.142 e. The van der Waals surface area contributed by atoms with Crippen molar-refractivity contribution in [2.45, 2.75) is 31.6 Å². The van der Waals surface area contributed by atoms with Crippen molar-refractivity contribution >= 4 is 22.5 Å².